The highest BCUT2D eigenvalue weighted by atomic mass is 13.7. The number of hydrogen-bond donors (Lipinski definition) is 0. The molecule has 0 atom stereocenters. The van der Waals surface area contributed by atoms with Gasteiger partial charge in [0.05, 0.1) is 20.6 Å². The summed E-state index contributed by atoms with van der Waals surface area (Å²) in [7, 11) is 0. The van der Waals surface area contributed by atoms with Gasteiger partial charge in [0.1, 0.15) is 0 Å². The third-order valence-corrected chi connectivity index (χ3v) is 1.04. The Kier molecular flexibility index (Phi) is 1.65. The largest absolute Gasteiger partial charge is 0.0623 e. The van der Waals surface area contributed by atoms with Crippen molar-refractivity contribution in [2.24, 2.45) is 0 Å². The number of rotatable bonds is 0. The first kappa shape index (κ1) is 2.78. The fraction of sp³-hybridized carbons (Fsp3) is 0. The highest BCUT2D eigenvalue weighted by Crippen LogP contribution is 1.88. The van der Waals surface area contributed by atoms with Crippen molar-refractivity contribution in [1.82, 2.24) is 0 Å². The van der Waals surface area contributed by atoms with E-state index in [9.17, 15) is 0 Å². The van der Waals surface area contributed by atoms with Crippen LogP contribution >= 0.6 is 0 Å². The minimum atomic E-state index is -1.10. The normalized spacial score (nSPS) is 68.8. The van der Waals surface area contributed by atoms with Gasteiger partial charge in [-0.05, 0) is 0 Å². The number of allylic oxidation sites excluding steroid dienone is 16. The fourth-order valence-electron chi connectivity index (χ4n) is 0.524. The minimum absolute atomic E-state index is 0.587. The Hall–Kier alpha value is -2.08. The molecule has 0 heterocycles. The smallest absolute Gasteiger partial charge is 0.0623 e. The average molecular weight is 223 g/mol. The molecule has 0 aromatic heterocycles. The van der Waals surface area contributed by atoms with Crippen LogP contribution in [0.1, 0.15) is 20.6 Å². The maximum Gasteiger partial charge on any atom is 0.0623 e. The molecule has 0 bridgehead atoms. The van der Waals surface area contributed by atoms with E-state index in [4.69, 9.17) is 20.6 Å². The molecular formula is C16H16. The first-order valence-corrected chi connectivity index (χ1v) is 4.08. The van der Waals surface area contributed by atoms with Crippen LogP contribution in [0.15, 0.2) is 96.9 Å². The Morgan fingerprint density at radius 2 is 0.562 bits per heavy atom. The van der Waals surface area contributed by atoms with Crippen molar-refractivity contribution in [2.45, 2.75) is 0 Å². The second-order valence-corrected chi connectivity index (χ2v) is 2.06. The van der Waals surface area contributed by atoms with Crippen molar-refractivity contribution in [3.05, 3.63) is 96.9 Å². The van der Waals surface area contributed by atoms with E-state index in [1.807, 2.05) is 0 Å². The summed E-state index contributed by atoms with van der Waals surface area (Å²) in [6.45, 7) is 0. The molecule has 80 valence electrons. The van der Waals surface area contributed by atoms with Crippen LogP contribution in [0.25, 0.3) is 0 Å². The van der Waals surface area contributed by atoms with Gasteiger partial charge in [0.2, 0.25) is 0 Å². The Balaban J connectivity index is 4.21. The molecule has 0 saturated heterocycles. The molecular weight excluding hydrogens is 192 g/mol. The lowest BCUT2D eigenvalue weighted by atomic mass is 10.3. The summed E-state index contributed by atoms with van der Waals surface area (Å²) < 4.78 is 117. The van der Waals surface area contributed by atoms with Crippen LogP contribution in [0.2, 0.25) is 0 Å². The van der Waals surface area contributed by atoms with Crippen LogP contribution in [-0.4, -0.2) is 0 Å². The molecule has 0 aromatic carbocycles. The minimum Gasteiger partial charge on any atom is -0.0623 e. The number of hydrogen-bond acceptors (Lipinski definition) is 0. The highest BCUT2D eigenvalue weighted by Gasteiger charge is 1.66. The van der Waals surface area contributed by atoms with Crippen LogP contribution in [0.3, 0.4) is 0 Å². The zero-order chi connectivity index (χ0) is 24.4. The molecule has 0 spiro atoms. The quantitative estimate of drug-likeness (QED) is 0.569. The molecule has 0 aromatic rings. The summed E-state index contributed by atoms with van der Waals surface area (Å²) in [6, 6.07) is -15.4. The van der Waals surface area contributed by atoms with Gasteiger partial charge in [-0.2, -0.15) is 0 Å². The molecule has 0 heteroatoms. The van der Waals surface area contributed by atoms with Crippen molar-refractivity contribution >= 4 is 0 Å². The van der Waals surface area contributed by atoms with E-state index in [-0.39, 0.29) is 0 Å². The molecule has 16 heavy (non-hydrogen) atoms. The van der Waals surface area contributed by atoms with E-state index in [1.165, 1.54) is 0 Å². The predicted molar refractivity (Wildman–Crippen MR) is 73.1 cm³/mol. The van der Waals surface area contributed by atoms with Crippen LogP contribution < -0.4 is 0 Å². The van der Waals surface area contributed by atoms with E-state index in [0.717, 1.165) is 0 Å². The standard InChI is InChI=1S/C16H16/c1-2-4-6-8-10-12-14-16-15-13-11-9-7-5-3-1/h1-16H/b2-1-,3-1?,4-2?,5-3+,6-4+,7-5?,8-6?,9-7-,10-8+,11-9?,12-10?,13-11?,14-12-,15-13?,16-14?,16-15+/i1D,2D,3D,4D,5D,6D,7D,8D,9D,10D,11D,12D,13D,14D,15D/b2-1-,3-1?,4-2?,5-3+,6-4+,7-5?,8-6?,9-7+,10-8?,11-9?,12-10?,13-11-,14-12-,15-13?,16-14?,16-15+. The van der Waals surface area contributed by atoms with Crippen LogP contribution in [0, 0.1) is 0 Å². The van der Waals surface area contributed by atoms with E-state index in [1.54, 1.807) is 0 Å². The SMILES string of the molecule is [2H]C1=C([2H])C(/[2H])=C([2H])/C([2H])=C([2H])\C([2H])=C([2H])\C([2H])=C([2H])\C([2H])=C([2H])/C([2H])=C/C([2H])=C\1[2H]. The van der Waals surface area contributed by atoms with Crippen LogP contribution in [0.4, 0.5) is 0 Å². The third kappa shape index (κ3) is 7.34. The second-order valence-electron chi connectivity index (χ2n) is 2.06. The van der Waals surface area contributed by atoms with Gasteiger partial charge in [0.15, 0.2) is 0 Å². The van der Waals surface area contributed by atoms with Crippen molar-refractivity contribution in [1.29, 1.82) is 0 Å². The lowest BCUT2D eigenvalue weighted by Crippen LogP contribution is -1.55. The molecule has 0 nitrogen and oxygen atoms in total. The maximum atomic E-state index is 7.80. The van der Waals surface area contributed by atoms with Gasteiger partial charge in [-0.25, -0.2) is 0 Å². The van der Waals surface area contributed by atoms with Gasteiger partial charge in [-0.3, -0.25) is 0 Å². The summed E-state index contributed by atoms with van der Waals surface area (Å²) in [6.07, 6.45) is 0.587. The van der Waals surface area contributed by atoms with Gasteiger partial charge in [0.25, 0.3) is 0 Å². The van der Waals surface area contributed by atoms with Crippen LogP contribution in [-0.2, 0) is 0 Å². The fourth-order valence-corrected chi connectivity index (χ4v) is 0.524. The molecule has 0 aliphatic heterocycles. The van der Waals surface area contributed by atoms with Gasteiger partial charge >= 0.3 is 0 Å². The third-order valence-electron chi connectivity index (χ3n) is 1.04. The first-order valence-electron chi connectivity index (χ1n) is 11.6. The summed E-state index contributed by atoms with van der Waals surface area (Å²) in [5.74, 6) is 0. The van der Waals surface area contributed by atoms with Crippen LogP contribution in [0.5, 0.6) is 0 Å². The molecule has 0 unspecified atom stereocenters. The molecule has 0 saturated carbocycles. The van der Waals surface area contributed by atoms with Gasteiger partial charge in [-0.15, -0.1) is 0 Å². The predicted octanol–water partition coefficient (Wildman–Crippen LogP) is 4.45. The first-order chi connectivity index (χ1) is 14.1. The van der Waals surface area contributed by atoms with Crippen molar-refractivity contribution in [2.75, 3.05) is 0 Å². The van der Waals surface area contributed by atoms with Gasteiger partial charge in [-0.1, -0.05) is 96.9 Å². The summed E-state index contributed by atoms with van der Waals surface area (Å²) in [4.78, 5) is 0. The van der Waals surface area contributed by atoms with E-state index >= 15 is 0 Å². The Morgan fingerprint density at radius 3 is 0.938 bits per heavy atom. The zero-order valence-electron chi connectivity index (χ0n) is 23.1. The Bertz CT molecular complexity index is 1060. The van der Waals surface area contributed by atoms with E-state index in [2.05, 4.69) is 0 Å². The molecule has 0 amide bonds. The summed E-state index contributed by atoms with van der Waals surface area (Å²) in [5.41, 5.74) is 0. The topological polar surface area (TPSA) is 0 Å². The lowest BCUT2D eigenvalue weighted by Gasteiger charge is -1.77. The monoisotopic (exact) mass is 223 g/mol. The molecule has 0 N–H and O–H groups in total. The molecule has 1 aliphatic carbocycles. The molecule has 1 rings (SSSR count). The van der Waals surface area contributed by atoms with Crippen molar-refractivity contribution < 1.29 is 20.6 Å². The molecule has 0 fully saturated rings. The maximum absolute atomic E-state index is 7.80. The average Bonchev–Trinajstić information content (AvgIpc) is 2.76. The molecule has 1 aliphatic rings. The van der Waals surface area contributed by atoms with Gasteiger partial charge < -0.3 is 0 Å². The van der Waals surface area contributed by atoms with E-state index in [0.29, 0.717) is 6.08 Å². The van der Waals surface area contributed by atoms with Crippen molar-refractivity contribution in [3.63, 3.8) is 0 Å². The highest BCUT2D eigenvalue weighted by molar-refractivity contribution is 5.23. The van der Waals surface area contributed by atoms with Crippen molar-refractivity contribution in [3.8, 4) is 0 Å². The Morgan fingerprint density at radius 1 is 0.312 bits per heavy atom. The zero-order valence-corrected chi connectivity index (χ0v) is 8.08. The summed E-state index contributed by atoms with van der Waals surface area (Å²) >= 11 is 0. The summed E-state index contributed by atoms with van der Waals surface area (Å²) in [5, 5.41) is 0. The molecule has 0 radical (unpaired) electrons. The van der Waals surface area contributed by atoms with E-state index < -0.39 is 90.8 Å². The lowest BCUT2D eigenvalue weighted by molar-refractivity contribution is 1.81. The Labute approximate surface area is 119 Å². The second kappa shape index (κ2) is 9.47. The van der Waals surface area contributed by atoms with Gasteiger partial charge in [0, 0.05) is 0 Å².